The van der Waals surface area contributed by atoms with Gasteiger partial charge in [0, 0.05) is 25.6 Å². The van der Waals surface area contributed by atoms with E-state index in [0.717, 1.165) is 15.4 Å². The van der Waals surface area contributed by atoms with Crippen LogP contribution < -0.4 is 20.3 Å². The van der Waals surface area contributed by atoms with Gasteiger partial charge in [0.25, 0.3) is 11.5 Å². The van der Waals surface area contributed by atoms with Crippen LogP contribution in [0, 0.1) is 6.92 Å². The number of aryl methyl sites for hydroxylation is 1. The van der Waals surface area contributed by atoms with Gasteiger partial charge in [-0.25, -0.2) is 4.98 Å². The lowest BCUT2D eigenvalue weighted by Gasteiger charge is -2.15. The number of rotatable bonds is 8. The van der Waals surface area contributed by atoms with E-state index in [2.05, 4.69) is 42.3 Å². The fourth-order valence-electron chi connectivity index (χ4n) is 4.66. The Balaban J connectivity index is 1.35. The summed E-state index contributed by atoms with van der Waals surface area (Å²) < 4.78 is 19.9. The standard InChI is InChI=1S/C33H23Br2ClN4O5/c1-18-7-3-5-9-23(18)38-28(41)17-44-31-26(43-2)15-20(29(35)30(31)36)16-37-40-32(39-24-10-6-4-8-22(24)33(40)42)27-14-19-13-21(34)11-12-25(19)45-27/h3-16H,17H2,1-2H3,(H,38,41). The van der Waals surface area contributed by atoms with Crippen molar-refractivity contribution in [3.05, 3.63) is 114 Å². The summed E-state index contributed by atoms with van der Waals surface area (Å²) in [6.07, 6.45) is 1.45. The van der Waals surface area contributed by atoms with Gasteiger partial charge in [0.1, 0.15) is 10.6 Å². The molecule has 0 saturated heterocycles. The first-order valence-electron chi connectivity index (χ1n) is 13.5. The highest BCUT2D eigenvalue weighted by molar-refractivity contribution is 9.10. The maximum atomic E-state index is 13.7. The number of hydrogen-bond acceptors (Lipinski definition) is 7. The van der Waals surface area contributed by atoms with Gasteiger partial charge in [-0.05, 0) is 76.9 Å². The molecule has 1 amide bonds. The van der Waals surface area contributed by atoms with Crippen LogP contribution in [0.1, 0.15) is 11.1 Å². The zero-order chi connectivity index (χ0) is 31.7. The van der Waals surface area contributed by atoms with Crippen molar-refractivity contribution < 1.29 is 18.7 Å². The topological polar surface area (TPSA) is 108 Å². The number of methoxy groups -OCH3 is 1. The summed E-state index contributed by atoms with van der Waals surface area (Å²) in [5, 5.41) is 8.73. The van der Waals surface area contributed by atoms with Gasteiger partial charge in [-0.15, -0.1) is 0 Å². The molecule has 12 heteroatoms. The van der Waals surface area contributed by atoms with Crippen molar-refractivity contribution in [1.82, 2.24) is 9.66 Å². The maximum absolute atomic E-state index is 13.7. The molecular formula is C33H23Br2ClN4O5. The highest BCUT2D eigenvalue weighted by Gasteiger charge is 2.20. The Morgan fingerprint density at radius 3 is 2.67 bits per heavy atom. The summed E-state index contributed by atoms with van der Waals surface area (Å²) in [6, 6.07) is 23.5. The first-order chi connectivity index (χ1) is 21.7. The Kier molecular flexibility index (Phi) is 8.75. The van der Waals surface area contributed by atoms with Gasteiger partial charge in [-0.2, -0.15) is 9.78 Å². The molecule has 0 aliphatic carbocycles. The molecule has 0 unspecified atom stereocenters. The number of para-hydroxylation sites is 2. The molecule has 45 heavy (non-hydrogen) atoms. The SMILES string of the molecule is COc1cc(C=Nn2c(-c3cc4cc(Br)ccc4o3)nc3ccccc3c2=O)c(Br)c(Cl)c1OCC(=O)Nc1ccccc1C. The number of furan rings is 1. The highest BCUT2D eigenvalue weighted by atomic mass is 79.9. The van der Waals surface area contributed by atoms with E-state index in [1.165, 1.54) is 18.0 Å². The van der Waals surface area contributed by atoms with Gasteiger partial charge in [0.15, 0.2) is 23.9 Å². The Morgan fingerprint density at radius 1 is 1.09 bits per heavy atom. The molecule has 9 nitrogen and oxygen atoms in total. The number of aromatic nitrogens is 2. The zero-order valence-corrected chi connectivity index (χ0v) is 27.7. The van der Waals surface area contributed by atoms with Crippen LogP contribution in [0.5, 0.6) is 11.5 Å². The summed E-state index contributed by atoms with van der Waals surface area (Å²) in [4.78, 5) is 31.0. The Bertz CT molecular complexity index is 2190. The van der Waals surface area contributed by atoms with Crippen molar-refractivity contribution in [1.29, 1.82) is 0 Å². The second kappa shape index (κ2) is 12.9. The molecule has 6 aromatic rings. The van der Waals surface area contributed by atoms with Gasteiger partial charge in [0.2, 0.25) is 5.82 Å². The average Bonchev–Trinajstić information content (AvgIpc) is 3.46. The molecule has 2 heterocycles. The van der Waals surface area contributed by atoms with Gasteiger partial charge in [-0.3, -0.25) is 9.59 Å². The lowest BCUT2D eigenvalue weighted by Crippen LogP contribution is -2.21. The summed E-state index contributed by atoms with van der Waals surface area (Å²) in [5.41, 5.74) is 2.84. The number of amides is 1. The number of halogens is 3. The monoisotopic (exact) mass is 748 g/mol. The van der Waals surface area contributed by atoms with Gasteiger partial charge in [-0.1, -0.05) is 57.9 Å². The van der Waals surface area contributed by atoms with E-state index in [1.807, 2.05) is 49.4 Å². The quantitative estimate of drug-likeness (QED) is 0.157. The molecule has 0 atom stereocenters. The van der Waals surface area contributed by atoms with Crippen LogP contribution >= 0.6 is 43.5 Å². The molecule has 2 aromatic heterocycles. The third-order valence-electron chi connectivity index (χ3n) is 6.91. The van der Waals surface area contributed by atoms with Crippen molar-refractivity contribution in [3.63, 3.8) is 0 Å². The van der Waals surface area contributed by atoms with E-state index < -0.39 is 0 Å². The largest absolute Gasteiger partial charge is 0.493 e. The Labute approximate surface area is 278 Å². The Morgan fingerprint density at radius 2 is 1.87 bits per heavy atom. The minimum absolute atomic E-state index is 0.159. The molecule has 226 valence electrons. The summed E-state index contributed by atoms with van der Waals surface area (Å²) in [6.45, 7) is 1.59. The van der Waals surface area contributed by atoms with Crippen LogP contribution in [0.15, 0.2) is 102 Å². The number of benzene rings is 4. The fraction of sp³-hybridized carbons (Fsp3) is 0.0909. The normalized spacial score (nSPS) is 11.4. The molecule has 0 radical (unpaired) electrons. The van der Waals surface area contributed by atoms with E-state index in [0.29, 0.717) is 38.0 Å². The van der Waals surface area contributed by atoms with Gasteiger partial charge in [0.05, 0.1) is 24.2 Å². The second-order valence-corrected chi connectivity index (χ2v) is 12.0. The molecule has 1 N–H and O–H groups in total. The van der Waals surface area contributed by atoms with E-state index in [4.69, 9.17) is 30.5 Å². The third-order valence-corrected chi connectivity index (χ3v) is 8.84. The molecule has 0 spiro atoms. The predicted molar refractivity (Wildman–Crippen MR) is 183 cm³/mol. The van der Waals surface area contributed by atoms with E-state index in [-0.39, 0.29) is 40.4 Å². The number of nitrogens with one attached hydrogen (secondary N) is 1. The van der Waals surface area contributed by atoms with Gasteiger partial charge < -0.3 is 19.2 Å². The summed E-state index contributed by atoms with van der Waals surface area (Å²) in [7, 11) is 1.45. The molecule has 4 aromatic carbocycles. The van der Waals surface area contributed by atoms with E-state index in [1.54, 1.807) is 36.4 Å². The maximum Gasteiger partial charge on any atom is 0.282 e. The fourth-order valence-corrected chi connectivity index (χ4v) is 5.69. The highest BCUT2D eigenvalue weighted by Crippen LogP contribution is 2.42. The molecule has 0 fully saturated rings. The zero-order valence-electron chi connectivity index (χ0n) is 23.8. The van der Waals surface area contributed by atoms with Crippen LogP contribution in [0.2, 0.25) is 5.02 Å². The van der Waals surface area contributed by atoms with E-state index in [9.17, 15) is 9.59 Å². The number of hydrogen-bond donors (Lipinski definition) is 1. The number of ether oxygens (including phenoxy) is 2. The van der Waals surface area contributed by atoms with Gasteiger partial charge >= 0.3 is 0 Å². The van der Waals surface area contributed by atoms with Crippen LogP contribution in [0.25, 0.3) is 33.5 Å². The minimum atomic E-state index is -0.387. The molecule has 6 rings (SSSR count). The first-order valence-corrected chi connectivity index (χ1v) is 15.5. The van der Waals surface area contributed by atoms with Crippen LogP contribution in [-0.4, -0.2) is 35.5 Å². The summed E-state index contributed by atoms with van der Waals surface area (Å²) >= 11 is 13.7. The smallest absolute Gasteiger partial charge is 0.282 e. The van der Waals surface area contributed by atoms with Crippen LogP contribution in [-0.2, 0) is 4.79 Å². The lowest BCUT2D eigenvalue weighted by molar-refractivity contribution is -0.118. The summed E-state index contributed by atoms with van der Waals surface area (Å²) in [5.74, 6) is 0.654. The molecule has 0 saturated carbocycles. The molecule has 0 aliphatic rings. The van der Waals surface area contributed by atoms with E-state index >= 15 is 0 Å². The number of nitrogens with zero attached hydrogens (tertiary/aromatic N) is 3. The average molecular weight is 751 g/mol. The van der Waals surface area contributed by atoms with Crippen molar-refractivity contribution >= 4 is 83.1 Å². The van der Waals surface area contributed by atoms with Crippen molar-refractivity contribution in [2.75, 3.05) is 19.0 Å². The van der Waals surface area contributed by atoms with Crippen LogP contribution in [0.4, 0.5) is 5.69 Å². The molecule has 0 bridgehead atoms. The van der Waals surface area contributed by atoms with Crippen molar-refractivity contribution in [2.24, 2.45) is 5.10 Å². The third kappa shape index (κ3) is 6.24. The Hall–Kier alpha value is -4.45. The first kappa shape index (κ1) is 30.6. The number of carbonyl (C=O) groups excluding carboxylic acids is 1. The lowest BCUT2D eigenvalue weighted by atomic mass is 10.2. The number of fused-ring (bicyclic) bond motifs is 2. The van der Waals surface area contributed by atoms with Crippen molar-refractivity contribution in [2.45, 2.75) is 6.92 Å². The number of carbonyl (C=O) groups is 1. The predicted octanol–water partition coefficient (Wildman–Crippen LogP) is 8.20. The van der Waals surface area contributed by atoms with Crippen LogP contribution in [0.3, 0.4) is 0 Å². The minimum Gasteiger partial charge on any atom is -0.493 e. The number of anilines is 1. The second-order valence-electron chi connectivity index (χ2n) is 9.88. The van der Waals surface area contributed by atoms with Crippen molar-refractivity contribution in [3.8, 4) is 23.1 Å². The molecule has 0 aliphatic heterocycles. The molecular weight excluding hydrogens is 728 g/mol.